The third kappa shape index (κ3) is 6.75. The van der Waals surface area contributed by atoms with E-state index in [0.717, 1.165) is 37.1 Å². The number of alkyl carbamates (subject to hydrolysis) is 1. The minimum atomic E-state index is -0.959. The van der Waals surface area contributed by atoms with Crippen molar-refractivity contribution in [1.29, 1.82) is 0 Å². The van der Waals surface area contributed by atoms with Gasteiger partial charge >= 0.3 is 18.3 Å². The molecule has 4 heterocycles. The Morgan fingerprint density at radius 1 is 0.920 bits per heavy atom. The second-order valence-electron chi connectivity index (χ2n) is 12.9. The average Bonchev–Trinajstić information content (AvgIpc) is 3.86. The zero-order valence-corrected chi connectivity index (χ0v) is 27.5. The fourth-order valence-electron chi connectivity index (χ4n) is 6.97. The number of anilines is 2. The summed E-state index contributed by atoms with van der Waals surface area (Å²) in [7, 11) is 0. The van der Waals surface area contributed by atoms with Crippen LogP contribution in [0.15, 0.2) is 78.9 Å². The van der Waals surface area contributed by atoms with Gasteiger partial charge in [-0.25, -0.2) is 18.8 Å². The number of ether oxygens (including phenoxy) is 3. The van der Waals surface area contributed by atoms with Crippen LogP contribution in [0.25, 0.3) is 0 Å². The van der Waals surface area contributed by atoms with Crippen molar-refractivity contribution >= 4 is 35.6 Å². The number of hydrogen-bond donors (Lipinski definition) is 2. The highest BCUT2D eigenvalue weighted by Gasteiger charge is 2.54. The topological polar surface area (TPSA) is 133 Å². The smallest absolute Gasteiger partial charge is 0.431 e. The fraction of sp³-hybridized carbons (Fsp3) is 0.389. The van der Waals surface area contributed by atoms with E-state index in [0.29, 0.717) is 24.5 Å². The predicted molar refractivity (Wildman–Crippen MR) is 179 cm³/mol. The minimum Gasteiger partial charge on any atom is -0.445 e. The summed E-state index contributed by atoms with van der Waals surface area (Å²) < 4.78 is 31.5. The number of carbonyl (C=O) groups excluding carboxylic acids is 4. The molecule has 0 aliphatic carbocycles. The molecule has 4 fully saturated rings. The molecule has 4 aliphatic heterocycles. The number of amides is 4. The molecule has 0 saturated carbocycles. The number of likely N-dealkylation sites (tertiary alicyclic amines) is 1. The Labute approximate surface area is 288 Å². The second kappa shape index (κ2) is 14.2. The molecule has 0 spiro atoms. The van der Waals surface area contributed by atoms with Crippen molar-refractivity contribution in [2.75, 3.05) is 49.1 Å². The highest BCUT2D eigenvalue weighted by atomic mass is 19.1. The van der Waals surface area contributed by atoms with E-state index in [1.165, 1.54) is 16.0 Å². The lowest BCUT2D eigenvalue weighted by Gasteiger charge is -2.42. The molecule has 3 aromatic carbocycles. The third-order valence-corrected chi connectivity index (χ3v) is 9.62. The molecule has 50 heavy (non-hydrogen) atoms. The molecule has 4 amide bonds. The fourth-order valence-corrected chi connectivity index (χ4v) is 6.97. The van der Waals surface area contributed by atoms with Gasteiger partial charge in [0.25, 0.3) is 0 Å². The Balaban J connectivity index is 0.901. The van der Waals surface area contributed by atoms with Gasteiger partial charge < -0.3 is 24.4 Å². The molecular formula is C36H39FN6O7. The van der Waals surface area contributed by atoms with Crippen molar-refractivity contribution in [1.82, 2.24) is 20.7 Å². The zero-order chi connectivity index (χ0) is 34.7. The van der Waals surface area contributed by atoms with Crippen molar-refractivity contribution in [3.63, 3.8) is 0 Å². The van der Waals surface area contributed by atoms with E-state index in [1.807, 2.05) is 60.7 Å². The van der Waals surface area contributed by atoms with E-state index in [2.05, 4.69) is 15.6 Å². The molecule has 262 valence electrons. The first-order chi connectivity index (χ1) is 24.3. The van der Waals surface area contributed by atoms with E-state index in [9.17, 15) is 19.2 Å². The molecule has 0 bridgehead atoms. The highest BCUT2D eigenvalue weighted by Crippen LogP contribution is 2.39. The molecule has 0 radical (unpaired) electrons. The number of hydrogen-bond acceptors (Lipinski definition) is 9. The quantitative estimate of drug-likeness (QED) is 0.280. The van der Waals surface area contributed by atoms with E-state index >= 15 is 4.39 Å². The third-order valence-electron chi connectivity index (χ3n) is 9.62. The molecule has 4 saturated heterocycles. The zero-order valence-electron chi connectivity index (χ0n) is 27.5. The highest BCUT2D eigenvalue weighted by molar-refractivity contribution is 5.90. The first kappa shape index (κ1) is 33.1. The summed E-state index contributed by atoms with van der Waals surface area (Å²) in [5.74, 6) is -0.930. The molecule has 13 nitrogen and oxygen atoms in total. The van der Waals surface area contributed by atoms with Gasteiger partial charge in [0, 0.05) is 32.6 Å². The number of nitrogens with zero attached hydrogens (tertiary/aromatic N) is 4. The summed E-state index contributed by atoms with van der Waals surface area (Å²) in [6.45, 7) is 2.72. The van der Waals surface area contributed by atoms with Crippen LogP contribution in [-0.4, -0.2) is 85.6 Å². The van der Waals surface area contributed by atoms with Crippen LogP contribution in [0.1, 0.15) is 36.8 Å². The maximum Gasteiger partial charge on any atom is 0.431 e. The van der Waals surface area contributed by atoms with Crippen LogP contribution in [0.4, 0.5) is 30.1 Å². The number of cyclic esters (lactones) is 2. The van der Waals surface area contributed by atoms with Crippen molar-refractivity contribution in [2.45, 2.75) is 50.1 Å². The molecule has 4 aliphatic rings. The largest absolute Gasteiger partial charge is 0.445 e. The molecular weight excluding hydrogens is 647 g/mol. The van der Waals surface area contributed by atoms with E-state index in [4.69, 9.17) is 14.2 Å². The number of hydrazine groups is 1. The first-order valence-electron chi connectivity index (χ1n) is 16.9. The number of halogens is 1. The molecule has 3 aromatic rings. The van der Waals surface area contributed by atoms with Gasteiger partial charge in [0.15, 0.2) is 5.66 Å². The van der Waals surface area contributed by atoms with Gasteiger partial charge in [0.2, 0.25) is 5.91 Å². The van der Waals surface area contributed by atoms with E-state index < -0.39 is 41.8 Å². The number of nitrogens with one attached hydrogen (secondary N) is 2. The lowest BCUT2D eigenvalue weighted by molar-refractivity contribution is -0.130. The molecule has 1 unspecified atom stereocenters. The predicted octanol–water partition coefficient (Wildman–Crippen LogP) is 4.48. The molecule has 0 aromatic heterocycles. The first-order valence-corrected chi connectivity index (χ1v) is 16.9. The van der Waals surface area contributed by atoms with Crippen LogP contribution in [0.5, 0.6) is 0 Å². The Morgan fingerprint density at radius 3 is 2.36 bits per heavy atom. The van der Waals surface area contributed by atoms with Crippen molar-refractivity contribution < 1.29 is 37.8 Å². The van der Waals surface area contributed by atoms with Crippen LogP contribution in [0.3, 0.4) is 0 Å². The van der Waals surface area contributed by atoms with Gasteiger partial charge in [-0.1, -0.05) is 60.7 Å². The monoisotopic (exact) mass is 686 g/mol. The SMILES string of the molecule is O=C(CCC1CN(c2ccc(N3CC(NC(=O)OCc4ccccc4)C3)c(F)c2)C(=O)O1)NN1C(=O)OC[C@@]1(c1ccccc1)N1CCCC1. The maximum atomic E-state index is 15.2. The van der Waals surface area contributed by atoms with Gasteiger partial charge in [-0.05, 0) is 48.6 Å². The van der Waals surface area contributed by atoms with E-state index in [1.54, 1.807) is 17.0 Å². The summed E-state index contributed by atoms with van der Waals surface area (Å²) in [6.07, 6.45) is -0.268. The second-order valence-corrected chi connectivity index (χ2v) is 12.9. The Hall–Kier alpha value is -5.37. The summed E-state index contributed by atoms with van der Waals surface area (Å²) in [5.41, 5.74) is 4.23. The average molecular weight is 687 g/mol. The lowest BCUT2D eigenvalue weighted by atomic mass is 9.98. The van der Waals surface area contributed by atoms with Crippen LogP contribution < -0.4 is 20.5 Å². The van der Waals surface area contributed by atoms with Gasteiger partial charge in [0.05, 0.1) is 24.0 Å². The summed E-state index contributed by atoms with van der Waals surface area (Å²) >= 11 is 0. The standard InChI is InChI=1S/C36H39FN6O7/c37-30-19-28(13-15-31(30)40-20-27(21-40)38-33(45)48-23-25-9-3-1-4-10-25)42-22-29(50-34(42)46)14-16-32(44)39-43-35(47)49-24-36(43,41-17-7-8-18-41)26-11-5-2-6-12-26/h1-6,9-13,15,19,27,29H,7-8,14,16-18,20-24H2,(H,38,45)(H,39,44)/t29?,36-/m1/s1. The normalized spacial score (nSPS) is 22.3. The van der Waals surface area contributed by atoms with Gasteiger partial charge in [-0.3, -0.25) is 20.0 Å². The van der Waals surface area contributed by atoms with Crippen molar-refractivity contribution in [2.24, 2.45) is 0 Å². The Kier molecular flexibility index (Phi) is 9.44. The van der Waals surface area contributed by atoms with Crippen LogP contribution in [0, 0.1) is 5.82 Å². The summed E-state index contributed by atoms with van der Waals surface area (Å²) in [6, 6.07) is 23.2. The van der Waals surface area contributed by atoms with E-state index in [-0.39, 0.29) is 38.6 Å². The number of benzene rings is 3. The Bertz CT molecular complexity index is 1720. The summed E-state index contributed by atoms with van der Waals surface area (Å²) in [4.78, 5) is 56.4. The molecule has 2 atom stereocenters. The van der Waals surface area contributed by atoms with Crippen LogP contribution in [-0.2, 0) is 31.3 Å². The van der Waals surface area contributed by atoms with Crippen LogP contribution in [0.2, 0.25) is 0 Å². The maximum absolute atomic E-state index is 15.2. The van der Waals surface area contributed by atoms with Gasteiger partial charge in [-0.15, -0.1) is 0 Å². The molecule has 7 rings (SSSR count). The number of carbonyl (C=O) groups is 4. The summed E-state index contributed by atoms with van der Waals surface area (Å²) in [5, 5.41) is 4.08. The molecule has 2 N–H and O–H groups in total. The van der Waals surface area contributed by atoms with Crippen molar-refractivity contribution in [3.8, 4) is 0 Å². The van der Waals surface area contributed by atoms with Gasteiger partial charge in [0.1, 0.15) is 25.1 Å². The van der Waals surface area contributed by atoms with Crippen LogP contribution >= 0.6 is 0 Å². The molecule has 14 heteroatoms. The lowest BCUT2D eigenvalue weighted by Crippen LogP contribution is -2.62. The minimum absolute atomic E-state index is 0.0162. The Morgan fingerprint density at radius 2 is 1.64 bits per heavy atom. The number of rotatable bonds is 11. The van der Waals surface area contributed by atoms with Gasteiger partial charge in [-0.2, -0.15) is 5.01 Å². The van der Waals surface area contributed by atoms with Crippen molar-refractivity contribution in [3.05, 3.63) is 95.8 Å².